The molecule has 0 bridgehead atoms. The van der Waals surface area contributed by atoms with E-state index in [-0.39, 0.29) is 16.7 Å². The molecule has 0 saturated heterocycles. The van der Waals surface area contributed by atoms with Crippen molar-refractivity contribution in [2.24, 2.45) is 16.3 Å². The van der Waals surface area contributed by atoms with E-state index in [2.05, 4.69) is 51.0 Å². The Bertz CT molecular complexity index is 540. The second kappa shape index (κ2) is 5.58. The third kappa shape index (κ3) is 3.90. The van der Waals surface area contributed by atoms with Crippen LogP contribution >= 0.6 is 0 Å². The lowest BCUT2D eigenvalue weighted by atomic mass is 9.86. The number of amidine groups is 1. The molecule has 0 spiro atoms. The van der Waals surface area contributed by atoms with Gasteiger partial charge in [0.05, 0.1) is 6.61 Å². The van der Waals surface area contributed by atoms with Gasteiger partial charge in [0.2, 0.25) is 0 Å². The van der Waals surface area contributed by atoms with Gasteiger partial charge in [0.25, 0.3) is 0 Å². The highest BCUT2D eigenvalue weighted by Gasteiger charge is 2.44. The molecule has 116 valence electrons. The lowest BCUT2D eigenvalue weighted by Crippen LogP contribution is -2.23. The van der Waals surface area contributed by atoms with Crippen LogP contribution in [0.15, 0.2) is 23.4 Å². The number of rotatable bonds is 5. The Morgan fingerprint density at radius 1 is 1.38 bits per heavy atom. The Morgan fingerprint density at radius 2 is 2.05 bits per heavy atom. The molecule has 0 radical (unpaired) electrons. The van der Waals surface area contributed by atoms with Crippen molar-refractivity contribution < 1.29 is 9.94 Å². The highest BCUT2D eigenvalue weighted by molar-refractivity contribution is 5.80. The van der Waals surface area contributed by atoms with Crippen molar-refractivity contribution in [1.82, 2.24) is 0 Å². The smallest absolute Gasteiger partial charge is 0.139 e. The van der Waals surface area contributed by atoms with E-state index in [9.17, 15) is 0 Å². The number of oxime groups is 1. The van der Waals surface area contributed by atoms with Gasteiger partial charge in [-0.3, -0.25) is 0 Å². The average molecular weight is 290 g/mol. The van der Waals surface area contributed by atoms with Gasteiger partial charge in [0.1, 0.15) is 11.6 Å². The molecule has 1 aromatic carbocycles. The van der Waals surface area contributed by atoms with Gasteiger partial charge in [-0.2, -0.15) is 0 Å². The summed E-state index contributed by atoms with van der Waals surface area (Å²) in [4.78, 5) is 0. The minimum absolute atomic E-state index is 0.0610. The van der Waals surface area contributed by atoms with Crippen LogP contribution in [-0.2, 0) is 5.41 Å². The first kappa shape index (κ1) is 15.7. The van der Waals surface area contributed by atoms with Crippen molar-refractivity contribution in [3.8, 4) is 5.75 Å². The van der Waals surface area contributed by atoms with E-state index in [0.29, 0.717) is 13.0 Å². The molecule has 1 aliphatic rings. The van der Waals surface area contributed by atoms with Gasteiger partial charge < -0.3 is 15.7 Å². The summed E-state index contributed by atoms with van der Waals surface area (Å²) in [5.74, 6) is 1.21. The van der Waals surface area contributed by atoms with Crippen molar-refractivity contribution >= 4 is 5.84 Å². The van der Waals surface area contributed by atoms with E-state index in [1.54, 1.807) is 0 Å². The summed E-state index contributed by atoms with van der Waals surface area (Å²) in [7, 11) is 0. The van der Waals surface area contributed by atoms with E-state index in [1.807, 2.05) is 0 Å². The summed E-state index contributed by atoms with van der Waals surface area (Å²) < 4.78 is 5.98. The highest BCUT2D eigenvalue weighted by Crippen LogP contribution is 2.49. The zero-order chi connectivity index (χ0) is 15.7. The maximum atomic E-state index is 8.68. The molecule has 0 heterocycles. The van der Waals surface area contributed by atoms with E-state index < -0.39 is 0 Å². The summed E-state index contributed by atoms with van der Waals surface area (Å²) in [5.41, 5.74) is 8.28. The molecule has 4 heteroatoms. The van der Waals surface area contributed by atoms with Gasteiger partial charge in [0, 0.05) is 11.8 Å². The summed E-state index contributed by atoms with van der Waals surface area (Å²) in [6.45, 7) is 9.32. The van der Waals surface area contributed by atoms with E-state index in [0.717, 1.165) is 24.2 Å². The zero-order valence-corrected chi connectivity index (χ0v) is 13.4. The Kier molecular flexibility index (Phi) is 4.17. The van der Waals surface area contributed by atoms with Gasteiger partial charge in [-0.25, -0.2) is 0 Å². The number of benzene rings is 1. The fourth-order valence-corrected chi connectivity index (χ4v) is 2.48. The fourth-order valence-electron chi connectivity index (χ4n) is 2.48. The quantitative estimate of drug-likeness (QED) is 0.377. The summed E-state index contributed by atoms with van der Waals surface area (Å²) in [6.07, 6.45) is 2.74. The predicted molar refractivity (Wildman–Crippen MR) is 85.1 cm³/mol. The summed E-state index contributed by atoms with van der Waals surface area (Å²) in [5, 5.41) is 11.7. The minimum Gasteiger partial charge on any atom is -0.493 e. The second-order valence-corrected chi connectivity index (χ2v) is 7.29. The molecule has 0 aliphatic heterocycles. The molecule has 0 aromatic heterocycles. The Hall–Kier alpha value is -1.71. The molecular weight excluding hydrogens is 264 g/mol. The molecule has 3 N–H and O–H groups in total. The number of hydrogen-bond donors (Lipinski definition) is 2. The third-order valence-corrected chi connectivity index (χ3v) is 4.22. The molecule has 1 aromatic rings. The SMILES string of the molecule is Cc1cc(C(C)(C)C)ccc1OCC1(CC(N)=NO)CC1. The van der Waals surface area contributed by atoms with Gasteiger partial charge in [0.15, 0.2) is 0 Å². The van der Waals surface area contributed by atoms with Gasteiger partial charge in [-0.05, 0) is 42.4 Å². The molecule has 4 nitrogen and oxygen atoms in total. The molecule has 0 amide bonds. The van der Waals surface area contributed by atoms with Crippen molar-refractivity contribution in [2.45, 2.75) is 52.4 Å². The maximum Gasteiger partial charge on any atom is 0.139 e. The first-order valence-electron chi connectivity index (χ1n) is 7.46. The van der Waals surface area contributed by atoms with Crippen LogP contribution in [0.1, 0.15) is 51.2 Å². The van der Waals surface area contributed by atoms with Crippen LogP contribution in [0.3, 0.4) is 0 Å². The first-order valence-corrected chi connectivity index (χ1v) is 7.46. The number of nitrogens with two attached hydrogens (primary N) is 1. The van der Waals surface area contributed by atoms with Crippen molar-refractivity contribution in [1.29, 1.82) is 0 Å². The maximum absolute atomic E-state index is 8.68. The molecule has 1 fully saturated rings. The number of aryl methyl sites for hydroxylation is 1. The molecule has 21 heavy (non-hydrogen) atoms. The fraction of sp³-hybridized carbons (Fsp3) is 0.588. The van der Waals surface area contributed by atoms with Crippen LogP contribution in [-0.4, -0.2) is 17.6 Å². The van der Waals surface area contributed by atoms with Crippen molar-refractivity contribution in [3.05, 3.63) is 29.3 Å². The monoisotopic (exact) mass is 290 g/mol. The molecular formula is C17H26N2O2. The molecule has 1 saturated carbocycles. The van der Waals surface area contributed by atoms with Crippen LogP contribution in [0.4, 0.5) is 0 Å². The van der Waals surface area contributed by atoms with Gasteiger partial charge in [-0.15, -0.1) is 0 Å². The number of hydrogen-bond acceptors (Lipinski definition) is 3. The van der Waals surface area contributed by atoms with Gasteiger partial charge in [-0.1, -0.05) is 38.1 Å². The largest absolute Gasteiger partial charge is 0.493 e. The summed E-state index contributed by atoms with van der Waals surface area (Å²) in [6, 6.07) is 6.37. The molecule has 2 rings (SSSR count). The Morgan fingerprint density at radius 3 is 2.52 bits per heavy atom. The highest BCUT2D eigenvalue weighted by atomic mass is 16.5. The number of nitrogens with zero attached hydrogens (tertiary/aromatic N) is 1. The lowest BCUT2D eigenvalue weighted by molar-refractivity contribution is 0.235. The van der Waals surface area contributed by atoms with Crippen molar-refractivity contribution in [2.75, 3.05) is 6.61 Å². The average Bonchev–Trinajstić information content (AvgIpc) is 3.16. The molecule has 1 aliphatic carbocycles. The topological polar surface area (TPSA) is 67.8 Å². The molecule has 0 atom stereocenters. The van der Waals surface area contributed by atoms with Gasteiger partial charge >= 0.3 is 0 Å². The van der Waals surface area contributed by atoms with Crippen LogP contribution in [0, 0.1) is 12.3 Å². The molecule has 0 unspecified atom stereocenters. The lowest BCUT2D eigenvalue weighted by Gasteiger charge is -2.21. The standard InChI is InChI=1S/C17H26N2O2/c1-12-9-13(16(2,3)4)5-6-14(12)21-11-17(7-8-17)10-15(18)19-20/h5-6,9,20H,7-8,10-11H2,1-4H3,(H2,18,19). The number of ether oxygens (including phenoxy) is 1. The van der Waals surface area contributed by atoms with E-state index in [1.165, 1.54) is 5.56 Å². The Balaban J connectivity index is 2.01. The van der Waals surface area contributed by atoms with E-state index in [4.69, 9.17) is 15.7 Å². The van der Waals surface area contributed by atoms with Crippen LogP contribution in [0.25, 0.3) is 0 Å². The van der Waals surface area contributed by atoms with Crippen LogP contribution < -0.4 is 10.5 Å². The van der Waals surface area contributed by atoms with E-state index >= 15 is 0 Å². The second-order valence-electron chi connectivity index (χ2n) is 7.29. The summed E-state index contributed by atoms with van der Waals surface area (Å²) >= 11 is 0. The minimum atomic E-state index is 0.0610. The normalized spacial score (nSPS) is 17.6. The third-order valence-electron chi connectivity index (χ3n) is 4.22. The van der Waals surface area contributed by atoms with Crippen LogP contribution in [0.2, 0.25) is 0 Å². The zero-order valence-electron chi connectivity index (χ0n) is 13.4. The predicted octanol–water partition coefficient (Wildman–Crippen LogP) is 3.59. The Labute approximate surface area is 127 Å². The van der Waals surface area contributed by atoms with Crippen LogP contribution in [0.5, 0.6) is 5.75 Å². The van der Waals surface area contributed by atoms with Crippen molar-refractivity contribution in [3.63, 3.8) is 0 Å². The first-order chi connectivity index (χ1) is 9.76.